The van der Waals surface area contributed by atoms with Gasteiger partial charge >= 0.3 is 0 Å². The number of hydrogen-bond donors (Lipinski definition) is 0. The predicted octanol–water partition coefficient (Wildman–Crippen LogP) is 5.07. The number of benzene rings is 1. The molecule has 1 aliphatic carbocycles. The molecule has 25 heavy (non-hydrogen) atoms. The van der Waals surface area contributed by atoms with E-state index in [4.69, 9.17) is 0 Å². The van der Waals surface area contributed by atoms with Gasteiger partial charge in [0.2, 0.25) is 5.69 Å². The fourth-order valence-electron chi connectivity index (χ4n) is 4.37. The van der Waals surface area contributed by atoms with Gasteiger partial charge in [0.25, 0.3) is 0 Å². The summed E-state index contributed by atoms with van der Waals surface area (Å²) < 4.78 is 2.37. The predicted molar refractivity (Wildman–Crippen MR) is 111 cm³/mol. The Morgan fingerprint density at radius 3 is 2.36 bits per heavy atom. The van der Waals surface area contributed by atoms with E-state index in [1.54, 1.807) is 10.8 Å². The smallest absolute Gasteiger partial charge is 0.201 e. The molecule has 1 saturated carbocycles. The molecule has 0 saturated heterocycles. The number of rotatable bonds is 4. The third-order valence-corrected chi connectivity index (χ3v) is 7.90. The fraction of sp³-hybridized carbons (Fsp3) is 0.522. The molecule has 2 aromatic rings. The van der Waals surface area contributed by atoms with E-state index in [1.165, 1.54) is 54.5 Å². The minimum atomic E-state index is -1.38. The van der Waals surface area contributed by atoms with E-state index in [0.717, 1.165) is 5.92 Å². The van der Waals surface area contributed by atoms with Gasteiger partial charge in [-0.3, -0.25) is 0 Å². The van der Waals surface area contributed by atoms with E-state index in [1.807, 2.05) is 0 Å². The zero-order chi connectivity index (χ0) is 18.2. The second kappa shape index (κ2) is 7.07. The summed E-state index contributed by atoms with van der Waals surface area (Å²) in [5, 5.41) is 1.66. The van der Waals surface area contributed by atoms with Gasteiger partial charge in [-0.1, -0.05) is 63.0 Å². The van der Waals surface area contributed by atoms with Crippen LogP contribution in [0.1, 0.15) is 42.4 Å². The molecule has 3 rings (SSSR count). The van der Waals surface area contributed by atoms with Crippen LogP contribution in [0.25, 0.3) is 11.3 Å². The van der Waals surface area contributed by atoms with Gasteiger partial charge in [0.1, 0.15) is 7.05 Å². The van der Waals surface area contributed by atoms with Crippen molar-refractivity contribution in [1.82, 2.24) is 0 Å². The van der Waals surface area contributed by atoms with E-state index < -0.39 is 8.07 Å². The standard InChI is InChI=1S/C23H34NSi/c1-17-11-12-18(2)21(13-17)22-15-23(25(4,5)6)20(16-24(22)3)14-19-9-7-8-10-19/h11-13,15-16,19H,7-10,14H2,1-6H3/q+1. The first kappa shape index (κ1) is 18.4. The molecule has 0 aliphatic heterocycles. The maximum Gasteiger partial charge on any atom is 0.212 e. The molecule has 0 bridgehead atoms. The van der Waals surface area contributed by atoms with Crippen LogP contribution in [0.15, 0.2) is 30.5 Å². The van der Waals surface area contributed by atoms with Gasteiger partial charge in [0.05, 0.1) is 8.07 Å². The van der Waals surface area contributed by atoms with E-state index in [-0.39, 0.29) is 0 Å². The number of hydrogen-bond acceptors (Lipinski definition) is 0. The van der Waals surface area contributed by atoms with E-state index in [0.29, 0.717) is 0 Å². The molecule has 0 atom stereocenters. The average molecular weight is 353 g/mol. The van der Waals surface area contributed by atoms with Crippen LogP contribution in [0.4, 0.5) is 0 Å². The summed E-state index contributed by atoms with van der Waals surface area (Å²) in [6, 6.07) is 9.34. The zero-order valence-corrected chi connectivity index (χ0v) is 17.9. The van der Waals surface area contributed by atoms with Gasteiger partial charge in [-0.25, -0.2) is 4.57 Å². The SMILES string of the molecule is Cc1ccc(C)c(-c2cc([Si](C)(C)C)c(CC3CCCC3)c[n+]2C)c1. The van der Waals surface area contributed by atoms with Crippen LogP contribution < -0.4 is 9.75 Å². The van der Waals surface area contributed by atoms with Crippen LogP contribution in [-0.2, 0) is 13.5 Å². The second-order valence-corrected chi connectivity index (χ2v) is 14.2. The van der Waals surface area contributed by atoms with Gasteiger partial charge in [0.15, 0.2) is 6.20 Å². The van der Waals surface area contributed by atoms with Crippen molar-refractivity contribution in [3.63, 3.8) is 0 Å². The Hall–Kier alpha value is -1.41. The summed E-state index contributed by atoms with van der Waals surface area (Å²) in [7, 11) is 0.844. The summed E-state index contributed by atoms with van der Waals surface area (Å²) in [4.78, 5) is 0. The Labute approximate surface area is 155 Å². The lowest BCUT2D eigenvalue weighted by atomic mass is 9.97. The monoisotopic (exact) mass is 352 g/mol. The minimum absolute atomic E-state index is 0.904. The van der Waals surface area contributed by atoms with E-state index in [9.17, 15) is 0 Å². The summed E-state index contributed by atoms with van der Waals surface area (Å²) in [6.07, 6.45) is 9.43. The Bertz CT molecular complexity index is 764. The molecule has 0 amide bonds. The largest absolute Gasteiger partial charge is 0.212 e. The molecule has 134 valence electrons. The van der Waals surface area contributed by atoms with Crippen molar-refractivity contribution in [2.75, 3.05) is 0 Å². The maximum atomic E-state index is 2.53. The first-order chi connectivity index (χ1) is 11.8. The van der Waals surface area contributed by atoms with Crippen molar-refractivity contribution in [3.05, 3.63) is 47.2 Å². The first-order valence-electron chi connectivity index (χ1n) is 9.86. The molecule has 0 unspecified atom stereocenters. The molecule has 0 N–H and O–H groups in total. The highest BCUT2D eigenvalue weighted by molar-refractivity contribution is 6.89. The van der Waals surface area contributed by atoms with Crippen molar-refractivity contribution < 1.29 is 4.57 Å². The van der Waals surface area contributed by atoms with Gasteiger partial charge < -0.3 is 0 Å². The van der Waals surface area contributed by atoms with Crippen molar-refractivity contribution >= 4 is 13.3 Å². The van der Waals surface area contributed by atoms with Crippen LogP contribution in [0, 0.1) is 19.8 Å². The highest BCUT2D eigenvalue weighted by atomic mass is 28.3. The average Bonchev–Trinajstić information content (AvgIpc) is 3.02. The van der Waals surface area contributed by atoms with Crippen molar-refractivity contribution in [1.29, 1.82) is 0 Å². The number of pyridine rings is 1. The lowest BCUT2D eigenvalue weighted by Crippen LogP contribution is -2.45. The fourth-order valence-corrected chi connectivity index (χ4v) is 6.07. The molecule has 1 aromatic carbocycles. The third kappa shape index (κ3) is 4.06. The molecule has 1 fully saturated rings. The topological polar surface area (TPSA) is 3.88 Å². The highest BCUT2D eigenvalue weighted by Gasteiger charge is 2.28. The lowest BCUT2D eigenvalue weighted by Gasteiger charge is -2.22. The molecule has 0 radical (unpaired) electrons. The molecule has 1 nitrogen and oxygen atoms in total. The second-order valence-electron chi connectivity index (χ2n) is 9.13. The summed E-state index contributed by atoms with van der Waals surface area (Å²) in [6.45, 7) is 11.9. The molecule has 1 heterocycles. The molecular formula is C23H34NSi+. The Morgan fingerprint density at radius 2 is 1.72 bits per heavy atom. The Balaban J connectivity index is 2.10. The summed E-state index contributed by atoms with van der Waals surface area (Å²) in [5.41, 5.74) is 7.07. The van der Waals surface area contributed by atoms with Gasteiger partial charge in [-0.05, 0) is 43.0 Å². The number of aryl methyl sites for hydroxylation is 3. The molecule has 1 aromatic heterocycles. The van der Waals surface area contributed by atoms with Crippen molar-refractivity contribution in [2.45, 2.75) is 65.6 Å². The van der Waals surface area contributed by atoms with Crippen LogP contribution in [0.3, 0.4) is 0 Å². The van der Waals surface area contributed by atoms with Crippen molar-refractivity contribution in [3.8, 4) is 11.3 Å². The molecular weight excluding hydrogens is 318 g/mol. The van der Waals surface area contributed by atoms with Crippen LogP contribution in [-0.4, -0.2) is 8.07 Å². The Kier molecular flexibility index (Phi) is 5.20. The first-order valence-corrected chi connectivity index (χ1v) is 13.4. The minimum Gasteiger partial charge on any atom is -0.201 e. The van der Waals surface area contributed by atoms with Crippen LogP contribution in [0.5, 0.6) is 0 Å². The number of nitrogens with zero attached hydrogens (tertiary/aromatic N) is 1. The van der Waals surface area contributed by atoms with Gasteiger partial charge in [-0.2, -0.15) is 0 Å². The van der Waals surface area contributed by atoms with Gasteiger partial charge in [0, 0.05) is 17.2 Å². The van der Waals surface area contributed by atoms with Crippen LogP contribution in [0.2, 0.25) is 19.6 Å². The molecule has 1 aliphatic rings. The summed E-state index contributed by atoms with van der Waals surface area (Å²) in [5.74, 6) is 0.904. The van der Waals surface area contributed by atoms with Crippen molar-refractivity contribution in [2.24, 2.45) is 13.0 Å². The quantitative estimate of drug-likeness (QED) is 0.534. The van der Waals surface area contributed by atoms with E-state index in [2.05, 4.69) is 75.6 Å². The Morgan fingerprint density at radius 1 is 1.04 bits per heavy atom. The maximum absolute atomic E-state index is 2.53. The molecule has 0 spiro atoms. The number of aromatic nitrogens is 1. The zero-order valence-electron chi connectivity index (χ0n) is 16.9. The molecule has 2 heteroatoms. The summed E-state index contributed by atoms with van der Waals surface area (Å²) >= 11 is 0. The third-order valence-electron chi connectivity index (χ3n) is 5.82. The van der Waals surface area contributed by atoms with Gasteiger partial charge in [-0.15, -0.1) is 0 Å². The normalized spacial score (nSPS) is 15.8. The highest BCUT2D eigenvalue weighted by Crippen LogP contribution is 2.29. The lowest BCUT2D eigenvalue weighted by molar-refractivity contribution is -0.660. The van der Waals surface area contributed by atoms with E-state index >= 15 is 0 Å². The van der Waals surface area contributed by atoms with Crippen LogP contribution >= 0.6 is 0 Å².